The maximum absolute atomic E-state index is 13.2. The van der Waals surface area contributed by atoms with Crippen LogP contribution in [0, 0.1) is 6.92 Å². The number of aromatic nitrogens is 1. The highest BCUT2D eigenvalue weighted by Gasteiger charge is 2.48. The number of anilines is 1. The minimum Gasteiger partial charge on any atom is -0.507 e. The standard InChI is InChI=1S/C24H21ClN2O7/c1-4-33-18-11-13(5-7-16(18)28)21-20(22(29)14-6-8-17(32-3)15(25)10-14)23(30)24(31)27(21)19-9-12(2)34-26-19/h5-11,21,28-29H,4H2,1-3H3. The number of hydrogen-bond acceptors (Lipinski definition) is 8. The molecule has 0 radical (unpaired) electrons. The summed E-state index contributed by atoms with van der Waals surface area (Å²) in [5.74, 6) is -1.28. The van der Waals surface area contributed by atoms with Gasteiger partial charge in [-0.3, -0.25) is 14.5 Å². The van der Waals surface area contributed by atoms with Crippen molar-refractivity contribution in [2.75, 3.05) is 18.6 Å². The Kier molecular flexibility index (Phi) is 6.21. The zero-order chi connectivity index (χ0) is 24.6. The molecule has 1 aromatic heterocycles. The van der Waals surface area contributed by atoms with E-state index >= 15 is 0 Å². The summed E-state index contributed by atoms with van der Waals surface area (Å²) in [4.78, 5) is 27.4. The van der Waals surface area contributed by atoms with Crippen LogP contribution in [0.3, 0.4) is 0 Å². The number of aliphatic hydroxyl groups excluding tert-OH is 1. The van der Waals surface area contributed by atoms with Gasteiger partial charge in [0.15, 0.2) is 17.3 Å². The number of carbonyl (C=O) groups excluding carboxylic acids is 2. The lowest BCUT2D eigenvalue weighted by Gasteiger charge is -2.23. The first-order valence-electron chi connectivity index (χ1n) is 10.3. The van der Waals surface area contributed by atoms with Crippen molar-refractivity contribution in [2.24, 2.45) is 0 Å². The van der Waals surface area contributed by atoms with Crippen molar-refractivity contribution in [1.82, 2.24) is 5.16 Å². The van der Waals surface area contributed by atoms with Gasteiger partial charge in [0.1, 0.15) is 17.3 Å². The van der Waals surface area contributed by atoms with E-state index in [0.717, 1.165) is 4.90 Å². The Morgan fingerprint density at radius 1 is 1.18 bits per heavy atom. The number of ether oxygens (including phenoxy) is 2. The van der Waals surface area contributed by atoms with Gasteiger partial charge in [-0.2, -0.15) is 0 Å². The third-order valence-corrected chi connectivity index (χ3v) is 5.63. The lowest BCUT2D eigenvalue weighted by molar-refractivity contribution is -0.132. The number of nitrogens with zero attached hydrogens (tertiary/aromatic N) is 2. The molecule has 2 aromatic carbocycles. The number of ketones is 1. The molecule has 1 aliphatic rings. The van der Waals surface area contributed by atoms with Crippen molar-refractivity contribution in [3.8, 4) is 17.2 Å². The molecule has 3 aromatic rings. The molecule has 0 spiro atoms. The van der Waals surface area contributed by atoms with Crippen LogP contribution in [-0.4, -0.2) is 40.8 Å². The number of aryl methyl sites for hydroxylation is 1. The Bertz CT molecular complexity index is 1310. The minimum absolute atomic E-state index is 0.0995. The lowest BCUT2D eigenvalue weighted by atomic mass is 9.95. The number of aliphatic hydroxyl groups is 1. The van der Waals surface area contributed by atoms with Gasteiger partial charge >= 0.3 is 5.91 Å². The van der Waals surface area contributed by atoms with Crippen LogP contribution >= 0.6 is 11.6 Å². The van der Waals surface area contributed by atoms with E-state index < -0.39 is 23.5 Å². The number of Topliss-reactive ketones (excluding diaryl/α,β-unsaturated/α-hetero) is 1. The molecule has 34 heavy (non-hydrogen) atoms. The zero-order valence-electron chi connectivity index (χ0n) is 18.5. The quantitative estimate of drug-likeness (QED) is 0.300. The summed E-state index contributed by atoms with van der Waals surface area (Å²) in [5, 5.41) is 25.4. The molecular weight excluding hydrogens is 464 g/mol. The van der Waals surface area contributed by atoms with Crippen molar-refractivity contribution in [1.29, 1.82) is 0 Å². The van der Waals surface area contributed by atoms with Gasteiger partial charge in [-0.15, -0.1) is 0 Å². The zero-order valence-corrected chi connectivity index (χ0v) is 19.3. The average Bonchev–Trinajstić information content (AvgIpc) is 3.35. The van der Waals surface area contributed by atoms with Crippen LogP contribution in [0.2, 0.25) is 5.02 Å². The number of phenolic OH excluding ortho intramolecular Hbond substituents is 1. The van der Waals surface area contributed by atoms with Crippen LogP contribution in [-0.2, 0) is 9.59 Å². The van der Waals surface area contributed by atoms with Crippen LogP contribution in [0.15, 0.2) is 52.6 Å². The Labute approximate surface area is 199 Å². The molecule has 1 aliphatic heterocycles. The summed E-state index contributed by atoms with van der Waals surface area (Å²) in [5.41, 5.74) is 0.441. The molecular formula is C24H21ClN2O7. The van der Waals surface area contributed by atoms with Gasteiger partial charge in [-0.05, 0) is 49.7 Å². The van der Waals surface area contributed by atoms with E-state index in [0.29, 0.717) is 17.1 Å². The monoisotopic (exact) mass is 484 g/mol. The highest BCUT2D eigenvalue weighted by Crippen LogP contribution is 2.44. The van der Waals surface area contributed by atoms with E-state index in [2.05, 4.69) is 5.16 Å². The summed E-state index contributed by atoms with van der Waals surface area (Å²) in [7, 11) is 1.45. The van der Waals surface area contributed by atoms with Gasteiger partial charge in [0.2, 0.25) is 0 Å². The highest BCUT2D eigenvalue weighted by molar-refractivity contribution is 6.51. The average molecular weight is 485 g/mol. The second-order valence-electron chi connectivity index (χ2n) is 7.47. The summed E-state index contributed by atoms with van der Waals surface area (Å²) < 4.78 is 15.7. The first kappa shape index (κ1) is 23.2. The number of aromatic hydroxyl groups is 1. The van der Waals surface area contributed by atoms with Gasteiger partial charge in [0, 0.05) is 11.6 Å². The first-order valence-corrected chi connectivity index (χ1v) is 10.7. The van der Waals surface area contributed by atoms with E-state index in [4.69, 9.17) is 25.6 Å². The predicted octanol–water partition coefficient (Wildman–Crippen LogP) is 4.38. The second-order valence-corrected chi connectivity index (χ2v) is 7.88. The third-order valence-electron chi connectivity index (χ3n) is 5.33. The Balaban J connectivity index is 1.95. The van der Waals surface area contributed by atoms with Gasteiger partial charge in [0.05, 0.1) is 30.4 Å². The van der Waals surface area contributed by atoms with Crippen LogP contribution < -0.4 is 14.4 Å². The first-order chi connectivity index (χ1) is 16.3. The SMILES string of the molecule is CCOc1cc(C2C(=C(O)c3ccc(OC)c(Cl)c3)C(=O)C(=O)N2c2cc(C)on2)ccc1O. The van der Waals surface area contributed by atoms with Gasteiger partial charge < -0.3 is 24.2 Å². The summed E-state index contributed by atoms with van der Waals surface area (Å²) in [6.07, 6.45) is 0. The Morgan fingerprint density at radius 2 is 1.94 bits per heavy atom. The smallest absolute Gasteiger partial charge is 0.301 e. The Morgan fingerprint density at radius 3 is 2.56 bits per heavy atom. The molecule has 1 amide bonds. The van der Waals surface area contributed by atoms with Crippen molar-refractivity contribution in [3.05, 3.63) is 69.9 Å². The van der Waals surface area contributed by atoms with Crippen LogP contribution in [0.4, 0.5) is 5.82 Å². The van der Waals surface area contributed by atoms with Crippen molar-refractivity contribution in [3.63, 3.8) is 0 Å². The number of methoxy groups -OCH3 is 1. The van der Waals surface area contributed by atoms with Crippen molar-refractivity contribution in [2.45, 2.75) is 19.9 Å². The highest BCUT2D eigenvalue weighted by atomic mass is 35.5. The number of halogens is 1. The molecule has 2 heterocycles. The van der Waals surface area contributed by atoms with Crippen LogP contribution in [0.1, 0.15) is 29.9 Å². The fourth-order valence-corrected chi connectivity index (χ4v) is 4.05. The van der Waals surface area contributed by atoms with E-state index in [1.165, 1.54) is 49.6 Å². The molecule has 0 aliphatic carbocycles. The van der Waals surface area contributed by atoms with E-state index in [9.17, 15) is 19.8 Å². The predicted molar refractivity (Wildman–Crippen MR) is 123 cm³/mol. The van der Waals surface area contributed by atoms with E-state index in [-0.39, 0.29) is 40.1 Å². The maximum Gasteiger partial charge on any atom is 0.301 e. The van der Waals surface area contributed by atoms with E-state index in [1.807, 2.05) is 0 Å². The summed E-state index contributed by atoms with van der Waals surface area (Å²) in [6.45, 7) is 3.68. The van der Waals surface area contributed by atoms with Gasteiger partial charge in [0.25, 0.3) is 5.78 Å². The number of phenols is 1. The molecule has 1 fully saturated rings. The number of carbonyl (C=O) groups is 2. The largest absolute Gasteiger partial charge is 0.507 e. The maximum atomic E-state index is 13.2. The van der Waals surface area contributed by atoms with E-state index in [1.54, 1.807) is 13.8 Å². The lowest BCUT2D eigenvalue weighted by Crippen LogP contribution is -2.29. The normalized spacial score (nSPS) is 17.3. The number of hydrogen-bond donors (Lipinski definition) is 2. The molecule has 4 rings (SSSR count). The molecule has 1 saturated heterocycles. The fraction of sp³-hybridized carbons (Fsp3) is 0.208. The summed E-state index contributed by atoms with van der Waals surface area (Å²) in [6, 6.07) is 9.34. The molecule has 0 bridgehead atoms. The molecule has 176 valence electrons. The van der Waals surface area contributed by atoms with Crippen LogP contribution in [0.25, 0.3) is 5.76 Å². The van der Waals surface area contributed by atoms with Crippen molar-refractivity contribution >= 4 is 34.9 Å². The topological polar surface area (TPSA) is 122 Å². The summed E-state index contributed by atoms with van der Waals surface area (Å²) >= 11 is 6.21. The number of benzene rings is 2. The van der Waals surface area contributed by atoms with Gasteiger partial charge in [-0.1, -0.05) is 22.8 Å². The molecule has 10 heteroatoms. The van der Waals surface area contributed by atoms with Gasteiger partial charge in [-0.25, -0.2) is 0 Å². The molecule has 9 nitrogen and oxygen atoms in total. The molecule has 1 atom stereocenters. The number of rotatable bonds is 6. The Hall–Kier alpha value is -3.98. The molecule has 1 unspecified atom stereocenters. The van der Waals surface area contributed by atoms with Crippen molar-refractivity contribution < 1.29 is 33.8 Å². The van der Waals surface area contributed by atoms with Crippen LogP contribution in [0.5, 0.6) is 17.2 Å². The minimum atomic E-state index is -1.08. The third kappa shape index (κ3) is 3.94. The second kappa shape index (κ2) is 9.11. The number of amides is 1. The molecule has 0 saturated carbocycles. The molecule has 2 N–H and O–H groups in total. The fourth-order valence-electron chi connectivity index (χ4n) is 3.79.